The zero-order valence-electron chi connectivity index (χ0n) is 36.4. The SMILES string of the molecule is CC(=O)N[C@@H](C)C(O)C(=O)OC1CC2(O)C(OC(=O)c3ccccc3)C3C4(O)COC4CC(OC(=O)OCCN(C)Cc4ncc([N+](=O)[O-])s4)[C@@]3(C)C(=O)C(O)C(=C1C)C2(C)C.[Ac].[Ac]. The molecule has 2 saturated carbocycles. The number of Topliss-reactive ketones (excluding diaryl/α,β-unsaturated/α-hetero) is 1. The molecule has 4 aliphatic rings. The zero-order valence-corrected chi connectivity index (χ0v) is 46.7. The summed E-state index contributed by atoms with van der Waals surface area (Å²) in [7, 11) is 1.68. The number of ketones is 1. The predicted octanol–water partition coefficient (Wildman–Crippen LogP) is 1.61. The average molecular weight is 1340 g/mol. The molecule has 64 heavy (non-hydrogen) atoms. The average Bonchev–Trinajstić information content (AvgIpc) is 3.67. The molecule has 2 aromatic rings. The molecule has 0 spiro atoms. The number of nitrogens with one attached hydrogen (secondary N) is 1. The zero-order chi connectivity index (χ0) is 45.7. The second-order valence-electron chi connectivity index (χ2n) is 17.2. The molecule has 2 heterocycles. The van der Waals surface area contributed by atoms with Crippen LogP contribution >= 0.6 is 11.3 Å². The van der Waals surface area contributed by atoms with Gasteiger partial charge in [0.2, 0.25) is 5.91 Å². The van der Waals surface area contributed by atoms with Crippen LogP contribution in [0.3, 0.4) is 0 Å². The van der Waals surface area contributed by atoms with Crippen LogP contribution < -0.4 is 5.32 Å². The summed E-state index contributed by atoms with van der Waals surface area (Å²) in [5.74, 6) is -5.33. The molecule has 11 atom stereocenters. The molecular weight excluding hydrogens is 1290 g/mol. The number of nitro groups is 1. The molecule has 6 rings (SSSR count). The molecule has 1 saturated heterocycles. The number of esters is 2. The molecule has 9 unspecified atom stereocenters. The van der Waals surface area contributed by atoms with Crippen molar-refractivity contribution in [3.63, 3.8) is 0 Å². The summed E-state index contributed by atoms with van der Waals surface area (Å²) in [4.78, 5) is 84.2. The Hall–Kier alpha value is -2.02. The summed E-state index contributed by atoms with van der Waals surface area (Å²) in [5, 5.41) is 62.8. The summed E-state index contributed by atoms with van der Waals surface area (Å²) < 4.78 is 29.1. The predicted molar refractivity (Wildman–Crippen MR) is 214 cm³/mol. The van der Waals surface area contributed by atoms with Crippen molar-refractivity contribution in [3.8, 4) is 0 Å². The standard InChI is InChI=1S/C41H52N4O16S.2Ac/c1-20-24(59-36(51)30(47)21(2)43-22(3)46)16-41(54)34(61-35(50)23-11-9-8-10-12-23)32-39(6,33(49)31(48)29(20)38(41,4)5)25(15-26-40(32,53)19-58-26)60-37(52)57-14-13-44(7)18-27-42-17-28(62-27)45(55)56;;/h8-12,17,21,24-26,30-32,34,47-48,53-54H,13-16,18-19H2,1-7H3,(H,43,46);;/t21-,24?,25?,26?,30?,31?,32?,34?,39+,40?,41?;;/m0../s1. The topological polar surface area (TPSA) is 284 Å². The van der Waals surface area contributed by atoms with E-state index in [1.54, 1.807) is 30.1 Å². The van der Waals surface area contributed by atoms with Crippen molar-refractivity contribution in [2.45, 2.75) is 115 Å². The number of ether oxygens (including phenoxy) is 5. The number of rotatable bonds is 13. The first-order valence-corrected chi connectivity index (χ1v) is 20.8. The minimum Gasteiger partial charge on any atom is -0.456 e. The third-order valence-corrected chi connectivity index (χ3v) is 14.0. The van der Waals surface area contributed by atoms with Gasteiger partial charge in [-0.3, -0.25) is 24.6 Å². The van der Waals surface area contributed by atoms with Gasteiger partial charge in [-0.15, -0.1) is 0 Å². The van der Waals surface area contributed by atoms with E-state index >= 15 is 4.79 Å². The molecule has 3 fully saturated rings. The number of carbonyl (C=O) groups is 5. The van der Waals surface area contributed by atoms with Crippen molar-refractivity contribution in [3.05, 3.63) is 68.4 Å². The van der Waals surface area contributed by atoms with Gasteiger partial charge in [0.25, 0.3) is 0 Å². The van der Waals surface area contributed by atoms with Crippen molar-refractivity contribution in [1.29, 1.82) is 0 Å². The first-order chi connectivity index (χ1) is 29.0. The quantitative estimate of drug-likeness (QED) is 0.0626. The number of aromatic nitrogens is 1. The van der Waals surface area contributed by atoms with Crippen LogP contribution in [0.5, 0.6) is 0 Å². The molecule has 5 N–H and O–H groups in total. The number of benzene rings is 1. The van der Waals surface area contributed by atoms with Gasteiger partial charge in [-0.2, -0.15) is 0 Å². The maximum atomic E-state index is 15.2. The van der Waals surface area contributed by atoms with Gasteiger partial charge >= 0.3 is 23.1 Å². The molecule has 20 nitrogen and oxygen atoms in total. The molecule has 1 aromatic heterocycles. The minimum absolute atomic E-state index is 0. The second kappa shape index (κ2) is 21.1. The number of nitrogens with zero attached hydrogens (tertiary/aromatic N) is 3. The van der Waals surface area contributed by atoms with Crippen molar-refractivity contribution < 1.29 is 161 Å². The second-order valence-corrected chi connectivity index (χ2v) is 18.3. The summed E-state index contributed by atoms with van der Waals surface area (Å²) in [5.41, 5.74) is -8.14. The Morgan fingerprint density at radius 2 is 1.77 bits per heavy atom. The van der Waals surface area contributed by atoms with Crippen LogP contribution in [0.15, 0.2) is 47.7 Å². The number of aliphatic hydroxyl groups is 4. The van der Waals surface area contributed by atoms with Crippen LogP contribution in [0, 0.1) is 115 Å². The van der Waals surface area contributed by atoms with Crippen LogP contribution in [0.1, 0.15) is 69.7 Å². The van der Waals surface area contributed by atoms with Crippen LogP contribution in [0.25, 0.3) is 0 Å². The van der Waals surface area contributed by atoms with E-state index in [4.69, 9.17) is 23.7 Å². The Balaban J connectivity index is 0.00000449. The first-order valence-electron chi connectivity index (χ1n) is 20.0. The van der Waals surface area contributed by atoms with Gasteiger partial charge in [-0.05, 0) is 62.4 Å². The van der Waals surface area contributed by atoms with E-state index in [-0.39, 0.29) is 136 Å². The van der Waals surface area contributed by atoms with Crippen LogP contribution in [-0.4, -0.2) is 146 Å². The maximum Gasteiger partial charge on any atom is 0.508 e. The van der Waals surface area contributed by atoms with Gasteiger partial charge in [0.05, 0.1) is 41.2 Å². The van der Waals surface area contributed by atoms with Crippen molar-refractivity contribution in [2.75, 3.05) is 26.8 Å². The summed E-state index contributed by atoms with van der Waals surface area (Å²) >= 11 is 0.900. The molecule has 23 heteroatoms. The summed E-state index contributed by atoms with van der Waals surface area (Å²) in [6.45, 7) is 8.13. The minimum atomic E-state index is -2.39. The summed E-state index contributed by atoms with van der Waals surface area (Å²) in [6, 6.07) is 6.63. The Labute approximate surface area is 444 Å². The van der Waals surface area contributed by atoms with E-state index in [0.29, 0.717) is 5.01 Å². The third kappa shape index (κ3) is 10.2. The van der Waals surface area contributed by atoms with Crippen molar-refractivity contribution in [2.24, 2.45) is 16.7 Å². The molecule has 1 aromatic carbocycles. The van der Waals surface area contributed by atoms with Crippen LogP contribution in [0.4, 0.5) is 9.80 Å². The molecule has 2 radical (unpaired) electrons. The van der Waals surface area contributed by atoms with Crippen LogP contribution in [-0.2, 0) is 44.6 Å². The number of hydrogen-bond acceptors (Lipinski definition) is 19. The molecule has 2 bridgehead atoms. The number of carbonyl (C=O) groups excluding carboxylic acids is 5. The number of aliphatic hydroxyl groups excluding tert-OH is 2. The largest absolute Gasteiger partial charge is 0.508 e. The van der Waals surface area contributed by atoms with Crippen molar-refractivity contribution in [1.82, 2.24) is 15.2 Å². The molecule has 1 amide bonds. The molecule has 344 valence electrons. The fourth-order valence-electron chi connectivity index (χ4n) is 9.54. The van der Waals surface area contributed by atoms with E-state index in [9.17, 15) is 49.7 Å². The van der Waals surface area contributed by atoms with E-state index in [1.165, 1.54) is 53.7 Å². The van der Waals surface area contributed by atoms with Crippen LogP contribution in [0.2, 0.25) is 0 Å². The van der Waals surface area contributed by atoms with E-state index in [0.717, 1.165) is 17.5 Å². The Morgan fingerprint density at radius 3 is 2.34 bits per heavy atom. The normalized spacial score (nSPS) is 31.1. The Kier molecular flexibility index (Phi) is 18.0. The number of fused-ring (bicyclic) bond motifs is 5. The number of thiazole rings is 1. The van der Waals surface area contributed by atoms with E-state index in [2.05, 4.69) is 10.3 Å². The summed E-state index contributed by atoms with van der Waals surface area (Å²) in [6.07, 6.45) is -10.8. The van der Waals surface area contributed by atoms with E-state index in [1.807, 2.05) is 0 Å². The fourth-order valence-corrected chi connectivity index (χ4v) is 10.4. The monoisotopic (exact) mass is 1340 g/mol. The van der Waals surface area contributed by atoms with Gasteiger partial charge in [-0.1, -0.05) is 32.0 Å². The Morgan fingerprint density at radius 1 is 1.11 bits per heavy atom. The van der Waals surface area contributed by atoms with Gasteiger partial charge in [0.15, 0.2) is 11.9 Å². The number of likely N-dealkylation sites (N-methyl/N-ethyl adjacent to an activating group) is 1. The fraction of sp³-hybridized carbons (Fsp3) is 0.610. The van der Waals surface area contributed by atoms with Gasteiger partial charge in [0, 0.05) is 126 Å². The molecule has 1 aliphatic heterocycles. The van der Waals surface area contributed by atoms with Crippen molar-refractivity contribution >= 4 is 46.1 Å². The Bertz CT molecular complexity index is 2140. The number of hydrogen-bond donors (Lipinski definition) is 5. The van der Waals surface area contributed by atoms with Gasteiger partial charge in [-0.25, -0.2) is 19.4 Å². The van der Waals surface area contributed by atoms with Gasteiger partial charge < -0.3 is 49.4 Å². The smallest absolute Gasteiger partial charge is 0.456 e. The molecular formula is C41H52Ac2N4O16S. The first kappa shape index (κ1) is 54.6. The van der Waals surface area contributed by atoms with E-state index < -0.39 is 118 Å². The third-order valence-electron chi connectivity index (χ3n) is 13.0. The maximum absolute atomic E-state index is 15.2. The number of amides is 1. The molecule has 3 aliphatic carbocycles. The van der Waals surface area contributed by atoms with Gasteiger partial charge in [0.1, 0.15) is 53.4 Å².